The van der Waals surface area contributed by atoms with Crippen LogP contribution in [0.5, 0.6) is 0 Å². The van der Waals surface area contributed by atoms with Crippen LogP contribution in [0, 0.1) is 0 Å². The van der Waals surface area contributed by atoms with E-state index in [4.69, 9.17) is 10.5 Å². The molecule has 7 nitrogen and oxygen atoms in total. The Morgan fingerprint density at radius 1 is 1.19 bits per heavy atom. The number of hydrogen-bond acceptors (Lipinski definition) is 5. The number of sulfonamides is 1. The summed E-state index contributed by atoms with van der Waals surface area (Å²) < 4.78 is 31.0. The molecule has 1 saturated heterocycles. The van der Waals surface area contributed by atoms with E-state index in [0.29, 0.717) is 32.6 Å². The average Bonchev–Trinajstić information content (AvgIpc) is 2.37. The van der Waals surface area contributed by atoms with Crippen molar-refractivity contribution in [2.45, 2.75) is 39.3 Å². The van der Waals surface area contributed by atoms with Crippen molar-refractivity contribution in [3.8, 4) is 0 Å². The maximum absolute atomic E-state index is 12.1. The van der Waals surface area contributed by atoms with E-state index in [0.717, 1.165) is 0 Å². The molecular weight excluding hydrogens is 294 g/mol. The van der Waals surface area contributed by atoms with Gasteiger partial charge < -0.3 is 15.4 Å². The van der Waals surface area contributed by atoms with Crippen molar-refractivity contribution < 1.29 is 17.9 Å². The van der Waals surface area contributed by atoms with Crippen LogP contribution >= 0.6 is 0 Å². The van der Waals surface area contributed by atoms with E-state index < -0.39 is 10.0 Å². The fourth-order valence-electron chi connectivity index (χ4n) is 2.14. The summed E-state index contributed by atoms with van der Waals surface area (Å²) in [6.45, 7) is 7.26. The lowest BCUT2D eigenvalue weighted by Gasteiger charge is -2.34. The molecular formula is C13H27N3O4S. The highest BCUT2D eigenvalue weighted by Gasteiger charge is 2.28. The molecule has 1 fully saturated rings. The lowest BCUT2D eigenvalue weighted by Crippen LogP contribution is -2.51. The summed E-state index contributed by atoms with van der Waals surface area (Å²) in [4.78, 5) is 13.6. The molecule has 0 aliphatic carbocycles. The number of rotatable bonds is 7. The van der Waals surface area contributed by atoms with Crippen LogP contribution in [0.15, 0.2) is 0 Å². The summed E-state index contributed by atoms with van der Waals surface area (Å²) >= 11 is 0. The zero-order chi connectivity index (χ0) is 16.0. The molecule has 0 radical (unpaired) electrons. The molecule has 1 heterocycles. The van der Waals surface area contributed by atoms with Crippen LogP contribution in [0.1, 0.15) is 27.2 Å². The van der Waals surface area contributed by atoms with Crippen molar-refractivity contribution in [2.24, 2.45) is 5.73 Å². The monoisotopic (exact) mass is 321 g/mol. The number of nitrogens with two attached hydrogens (primary N) is 1. The first-order valence-corrected chi connectivity index (χ1v) is 8.96. The third-order valence-corrected chi connectivity index (χ3v) is 5.11. The van der Waals surface area contributed by atoms with E-state index in [-0.39, 0.29) is 30.4 Å². The Kier molecular flexibility index (Phi) is 7.05. The van der Waals surface area contributed by atoms with Crippen molar-refractivity contribution >= 4 is 15.9 Å². The second-order valence-corrected chi connectivity index (χ2v) is 7.79. The number of hydrogen-bond donors (Lipinski definition) is 1. The molecule has 2 N–H and O–H groups in total. The highest BCUT2D eigenvalue weighted by molar-refractivity contribution is 7.89. The Balaban J connectivity index is 2.42. The zero-order valence-electron chi connectivity index (χ0n) is 13.1. The topological polar surface area (TPSA) is 92.9 Å². The second kappa shape index (κ2) is 8.07. The van der Waals surface area contributed by atoms with Crippen molar-refractivity contribution in [3.05, 3.63) is 0 Å². The number of ether oxygens (including phenoxy) is 1. The second-order valence-electron chi connectivity index (χ2n) is 5.70. The molecule has 0 aromatic rings. The van der Waals surface area contributed by atoms with Gasteiger partial charge in [0.05, 0.1) is 18.5 Å². The lowest BCUT2D eigenvalue weighted by molar-refractivity contribution is -0.132. The van der Waals surface area contributed by atoms with E-state index >= 15 is 0 Å². The first-order valence-electron chi connectivity index (χ1n) is 7.35. The number of nitrogens with zero attached hydrogens (tertiary/aromatic N) is 2. The third-order valence-electron chi connectivity index (χ3n) is 3.27. The Bertz CT molecular complexity index is 429. The maximum Gasteiger partial charge on any atom is 0.224 e. The molecule has 0 bridgehead atoms. The predicted octanol–water partition coefficient (Wildman–Crippen LogP) is -0.377. The van der Waals surface area contributed by atoms with Crippen LogP contribution < -0.4 is 5.73 Å². The number of carbonyl (C=O) groups is 1. The van der Waals surface area contributed by atoms with Crippen molar-refractivity contribution in [3.63, 3.8) is 0 Å². The van der Waals surface area contributed by atoms with Gasteiger partial charge in [0.2, 0.25) is 15.9 Å². The van der Waals surface area contributed by atoms with Gasteiger partial charge in [0.15, 0.2) is 0 Å². The first-order chi connectivity index (χ1) is 9.72. The van der Waals surface area contributed by atoms with Gasteiger partial charge in [0, 0.05) is 38.6 Å². The summed E-state index contributed by atoms with van der Waals surface area (Å²) in [5.74, 6) is -0.0240. The summed E-state index contributed by atoms with van der Waals surface area (Å²) in [5, 5.41) is 0. The van der Waals surface area contributed by atoms with Crippen LogP contribution in [0.4, 0.5) is 0 Å². The molecule has 1 unspecified atom stereocenters. The van der Waals surface area contributed by atoms with Crippen LogP contribution in [0.25, 0.3) is 0 Å². The van der Waals surface area contributed by atoms with Gasteiger partial charge in [-0.3, -0.25) is 4.79 Å². The molecule has 0 spiro atoms. The SMILES string of the molecule is CC(N)CC(=O)N1CCN(S(=O)(=O)CCOC(C)C)CC1. The van der Waals surface area contributed by atoms with E-state index in [1.807, 2.05) is 13.8 Å². The van der Waals surface area contributed by atoms with Crippen LogP contribution in [-0.4, -0.2) is 74.2 Å². The molecule has 21 heavy (non-hydrogen) atoms. The van der Waals surface area contributed by atoms with Crippen LogP contribution in [-0.2, 0) is 19.6 Å². The molecule has 0 saturated carbocycles. The van der Waals surface area contributed by atoms with Gasteiger partial charge in [-0.25, -0.2) is 8.42 Å². The molecule has 1 amide bonds. The smallest absolute Gasteiger partial charge is 0.224 e. The van der Waals surface area contributed by atoms with Gasteiger partial charge >= 0.3 is 0 Å². The Hall–Kier alpha value is -0.700. The summed E-state index contributed by atoms with van der Waals surface area (Å²) in [6, 6.07) is -0.174. The molecule has 1 aliphatic heterocycles. The number of piperazine rings is 1. The fourth-order valence-corrected chi connectivity index (χ4v) is 3.42. The Labute approximate surface area is 127 Å². The molecule has 0 aromatic carbocycles. The van der Waals surface area contributed by atoms with Gasteiger partial charge in [-0.15, -0.1) is 0 Å². The standard InChI is InChI=1S/C13H27N3O4S/c1-11(2)20-8-9-21(18,19)16-6-4-15(5-7-16)13(17)10-12(3)14/h11-12H,4-10,14H2,1-3H3. The van der Waals surface area contributed by atoms with Gasteiger partial charge in [0.25, 0.3) is 0 Å². The van der Waals surface area contributed by atoms with Gasteiger partial charge in [-0.05, 0) is 20.8 Å². The first kappa shape index (κ1) is 18.3. The minimum Gasteiger partial charge on any atom is -0.378 e. The van der Waals surface area contributed by atoms with Gasteiger partial charge in [-0.2, -0.15) is 4.31 Å². The van der Waals surface area contributed by atoms with Crippen molar-refractivity contribution in [1.29, 1.82) is 0 Å². The lowest BCUT2D eigenvalue weighted by atomic mass is 10.2. The predicted molar refractivity (Wildman–Crippen MR) is 81.3 cm³/mol. The molecule has 8 heteroatoms. The highest BCUT2D eigenvalue weighted by Crippen LogP contribution is 2.10. The Morgan fingerprint density at radius 2 is 1.76 bits per heavy atom. The minimum atomic E-state index is -3.31. The van der Waals surface area contributed by atoms with Crippen molar-refractivity contribution in [1.82, 2.24) is 9.21 Å². The molecule has 1 aliphatic rings. The summed E-state index contributed by atoms with van der Waals surface area (Å²) in [7, 11) is -3.31. The zero-order valence-corrected chi connectivity index (χ0v) is 13.9. The average molecular weight is 321 g/mol. The van der Waals surface area contributed by atoms with E-state index in [9.17, 15) is 13.2 Å². The normalized spacial score (nSPS) is 19.0. The van der Waals surface area contributed by atoms with Crippen LogP contribution in [0.2, 0.25) is 0 Å². The van der Waals surface area contributed by atoms with E-state index in [1.54, 1.807) is 11.8 Å². The molecule has 1 rings (SSSR count). The summed E-state index contributed by atoms with van der Waals surface area (Å²) in [6.07, 6.45) is 0.322. The molecule has 124 valence electrons. The molecule has 1 atom stereocenters. The molecule has 0 aromatic heterocycles. The van der Waals surface area contributed by atoms with Crippen molar-refractivity contribution in [2.75, 3.05) is 38.5 Å². The highest BCUT2D eigenvalue weighted by atomic mass is 32.2. The third kappa shape index (κ3) is 6.29. The minimum absolute atomic E-state index is 0.00908. The maximum atomic E-state index is 12.1. The quantitative estimate of drug-likeness (QED) is 0.690. The van der Waals surface area contributed by atoms with E-state index in [1.165, 1.54) is 4.31 Å². The largest absolute Gasteiger partial charge is 0.378 e. The van der Waals surface area contributed by atoms with Gasteiger partial charge in [-0.1, -0.05) is 0 Å². The summed E-state index contributed by atoms with van der Waals surface area (Å²) in [5.41, 5.74) is 5.61. The van der Waals surface area contributed by atoms with Crippen LogP contribution in [0.3, 0.4) is 0 Å². The van der Waals surface area contributed by atoms with Gasteiger partial charge in [0.1, 0.15) is 0 Å². The fraction of sp³-hybridized carbons (Fsp3) is 0.923. The number of carbonyl (C=O) groups excluding carboxylic acids is 1. The van der Waals surface area contributed by atoms with E-state index in [2.05, 4.69) is 0 Å². The Morgan fingerprint density at radius 3 is 2.24 bits per heavy atom. The number of amides is 1.